The van der Waals surface area contributed by atoms with Gasteiger partial charge in [0, 0.05) is 18.0 Å². The summed E-state index contributed by atoms with van der Waals surface area (Å²) in [5.74, 6) is -0.520. The summed E-state index contributed by atoms with van der Waals surface area (Å²) in [5.41, 5.74) is 1.82. The predicted octanol–water partition coefficient (Wildman–Crippen LogP) is 1.58. The van der Waals surface area contributed by atoms with Gasteiger partial charge in [-0.3, -0.25) is 9.59 Å². The van der Waals surface area contributed by atoms with Gasteiger partial charge >= 0.3 is 0 Å². The Labute approximate surface area is 135 Å². The lowest BCUT2D eigenvalue weighted by Crippen LogP contribution is -2.44. The van der Waals surface area contributed by atoms with Crippen LogP contribution in [0.3, 0.4) is 0 Å². The average Bonchev–Trinajstić information content (AvgIpc) is 2.89. The van der Waals surface area contributed by atoms with Crippen LogP contribution in [0.2, 0.25) is 0 Å². The number of nitrogens with one attached hydrogen (secondary N) is 2. The van der Waals surface area contributed by atoms with Crippen molar-refractivity contribution in [3.05, 3.63) is 23.5 Å². The number of fused-ring (bicyclic) bond motifs is 1. The van der Waals surface area contributed by atoms with Crippen LogP contribution in [0.1, 0.15) is 49.8 Å². The number of likely N-dealkylation sites (N-methyl/N-ethyl adjacent to an activating group) is 1. The van der Waals surface area contributed by atoms with E-state index < -0.39 is 6.04 Å². The van der Waals surface area contributed by atoms with Crippen molar-refractivity contribution in [2.75, 3.05) is 6.54 Å². The highest BCUT2D eigenvalue weighted by atomic mass is 16.2. The molecule has 0 fully saturated rings. The molecule has 7 nitrogen and oxygen atoms in total. The summed E-state index contributed by atoms with van der Waals surface area (Å²) in [5, 5.41) is 10.5. The highest BCUT2D eigenvalue weighted by molar-refractivity contribution is 6.00. The molecule has 2 amide bonds. The molecule has 0 aromatic carbocycles. The van der Waals surface area contributed by atoms with Crippen molar-refractivity contribution in [2.45, 2.75) is 46.7 Å². The van der Waals surface area contributed by atoms with E-state index in [4.69, 9.17) is 0 Å². The number of carbonyl (C=O) groups excluding carboxylic acids is 2. The van der Waals surface area contributed by atoms with Crippen molar-refractivity contribution < 1.29 is 9.59 Å². The molecule has 2 heterocycles. The summed E-state index contributed by atoms with van der Waals surface area (Å²) in [7, 11) is 0. The van der Waals surface area contributed by atoms with Crippen molar-refractivity contribution in [1.29, 1.82) is 0 Å². The largest absolute Gasteiger partial charge is 0.355 e. The van der Waals surface area contributed by atoms with E-state index in [0.29, 0.717) is 17.8 Å². The molecular formula is C16H23N5O2. The van der Waals surface area contributed by atoms with Crippen molar-refractivity contribution in [2.24, 2.45) is 0 Å². The lowest BCUT2D eigenvalue weighted by atomic mass is 10.1. The Bertz CT molecular complexity index is 735. The van der Waals surface area contributed by atoms with Crippen LogP contribution in [0.5, 0.6) is 0 Å². The Hall–Kier alpha value is -2.44. The van der Waals surface area contributed by atoms with E-state index in [1.165, 1.54) is 0 Å². The molecule has 0 saturated heterocycles. The van der Waals surface area contributed by atoms with Crippen molar-refractivity contribution in [1.82, 2.24) is 25.4 Å². The van der Waals surface area contributed by atoms with Gasteiger partial charge in [-0.15, -0.1) is 0 Å². The quantitative estimate of drug-likeness (QED) is 0.876. The molecule has 2 aromatic heterocycles. The number of pyridine rings is 1. The van der Waals surface area contributed by atoms with Gasteiger partial charge in [-0.25, -0.2) is 9.67 Å². The molecular weight excluding hydrogens is 294 g/mol. The highest BCUT2D eigenvalue weighted by Gasteiger charge is 2.19. The normalized spacial score (nSPS) is 12.4. The monoisotopic (exact) mass is 317 g/mol. The zero-order valence-electron chi connectivity index (χ0n) is 14.2. The van der Waals surface area contributed by atoms with Gasteiger partial charge in [0.05, 0.1) is 17.5 Å². The summed E-state index contributed by atoms with van der Waals surface area (Å²) in [6, 6.07) is 1.36. The molecule has 2 N–H and O–H groups in total. The number of rotatable bonds is 5. The lowest BCUT2D eigenvalue weighted by molar-refractivity contribution is -0.122. The molecule has 1 unspecified atom stereocenters. The smallest absolute Gasteiger partial charge is 0.253 e. The fourth-order valence-corrected chi connectivity index (χ4v) is 2.34. The molecule has 0 saturated carbocycles. The van der Waals surface area contributed by atoms with E-state index in [1.807, 2.05) is 25.5 Å². The SMILES string of the molecule is CCNC(=O)C(C)NC(=O)c1cc2cnn(C(C)C)c2nc1C. The zero-order valence-corrected chi connectivity index (χ0v) is 14.2. The Balaban J connectivity index is 2.27. The molecule has 0 spiro atoms. The molecule has 0 aliphatic rings. The Morgan fingerprint density at radius 1 is 1.30 bits per heavy atom. The summed E-state index contributed by atoms with van der Waals surface area (Å²) >= 11 is 0. The third kappa shape index (κ3) is 3.49. The van der Waals surface area contributed by atoms with Gasteiger partial charge in [0.25, 0.3) is 5.91 Å². The first kappa shape index (κ1) is 16.9. The van der Waals surface area contributed by atoms with Crippen molar-refractivity contribution in [3.63, 3.8) is 0 Å². The molecule has 23 heavy (non-hydrogen) atoms. The molecule has 2 aromatic rings. The van der Waals surface area contributed by atoms with Crippen LogP contribution in [0.4, 0.5) is 0 Å². The summed E-state index contributed by atoms with van der Waals surface area (Å²) < 4.78 is 1.82. The van der Waals surface area contributed by atoms with Crippen LogP contribution < -0.4 is 10.6 Å². The first-order valence-corrected chi connectivity index (χ1v) is 7.78. The Morgan fingerprint density at radius 2 is 2.00 bits per heavy atom. The van der Waals surface area contributed by atoms with Gasteiger partial charge in [0.2, 0.25) is 5.91 Å². The number of aromatic nitrogens is 3. The molecule has 1 atom stereocenters. The van der Waals surface area contributed by atoms with E-state index in [0.717, 1.165) is 11.0 Å². The first-order chi connectivity index (χ1) is 10.8. The lowest BCUT2D eigenvalue weighted by Gasteiger charge is -2.14. The van der Waals surface area contributed by atoms with Crippen LogP contribution >= 0.6 is 0 Å². The summed E-state index contributed by atoms with van der Waals surface area (Å²) in [6.07, 6.45) is 1.70. The van der Waals surface area contributed by atoms with E-state index in [9.17, 15) is 9.59 Å². The first-order valence-electron chi connectivity index (χ1n) is 7.78. The second-order valence-electron chi connectivity index (χ2n) is 5.81. The number of hydrogen-bond donors (Lipinski definition) is 2. The Morgan fingerprint density at radius 3 is 2.61 bits per heavy atom. The number of carbonyl (C=O) groups is 2. The molecule has 124 valence electrons. The third-order valence-corrected chi connectivity index (χ3v) is 3.59. The average molecular weight is 317 g/mol. The summed E-state index contributed by atoms with van der Waals surface area (Å²) in [6.45, 7) is 9.85. The maximum Gasteiger partial charge on any atom is 0.253 e. The molecule has 2 rings (SSSR count). The number of amides is 2. The predicted molar refractivity (Wildman–Crippen MR) is 88.3 cm³/mol. The van der Waals surface area contributed by atoms with Crippen LogP contribution in [0.15, 0.2) is 12.3 Å². The fraction of sp³-hybridized carbons (Fsp3) is 0.500. The van der Waals surface area contributed by atoms with Gasteiger partial charge in [0.1, 0.15) is 6.04 Å². The van der Waals surface area contributed by atoms with E-state index in [1.54, 1.807) is 26.1 Å². The van der Waals surface area contributed by atoms with Gasteiger partial charge in [-0.1, -0.05) is 0 Å². The second-order valence-corrected chi connectivity index (χ2v) is 5.81. The Kier molecular flexibility index (Phi) is 4.98. The second kappa shape index (κ2) is 6.76. The third-order valence-electron chi connectivity index (χ3n) is 3.59. The van der Waals surface area contributed by atoms with Gasteiger partial charge in [-0.2, -0.15) is 5.10 Å². The molecule has 0 bridgehead atoms. The van der Waals surface area contributed by atoms with Crippen LogP contribution in [0.25, 0.3) is 11.0 Å². The molecule has 0 radical (unpaired) electrons. The van der Waals surface area contributed by atoms with Crippen LogP contribution in [-0.4, -0.2) is 39.2 Å². The van der Waals surface area contributed by atoms with E-state index in [-0.39, 0.29) is 17.9 Å². The van der Waals surface area contributed by atoms with Crippen molar-refractivity contribution >= 4 is 22.8 Å². The number of aryl methyl sites for hydroxylation is 1. The maximum absolute atomic E-state index is 12.4. The van der Waals surface area contributed by atoms with Crippen molar-refractivity contribution in [3.8, 4) is 0 Å². The zero-order chi connectivity index (χ0) is 17.1. The minimum atomic E-state index is -0.601. The van der Waals surface area contributed by atoms with E-state index in [2.05, 4.69) is 20.7 Å². The molecule has 7 heteroatoms. The van der Waals surface area contributed by atoms with Gasteiger partial charge in [0.15, 0.2) is 5.65 Å². The maximum atomic E-state index is 12.4. The minimum absolute atomic E-state index is 0.192. The topological polar surface area (TPSA) is 88.9 Å². The van der Waals surface area contributed by atoms with E-state index >= 15 is 0 Å². The molecule has 0 aliphatic heterocycles. The number of hydrogen-bond acceptors (Lipinski definition) is 4. The van der Waals surface area contributed by atoms with Gasteiger partial charge in [-0.05, 0) is 40.7 Å². The summed E-state index contributed by atoms with van der Waals surface area (Å²) in [4.78, 5) is 28.6. The molecule has 0 aliphatic carbocycles. The fourth-order valence-electron chi connectivity index (χ4n) is 2.34. The standard InChI is InChI=1S/C16H23N5O2/c1-6-17-15(22)11(5)20-16(23)13-7-12-8-18-21(9(2)3)14(12)19-10(13)4/h7-9,11H,6H2,1-5H3,(H,17,22)(H,20,23). The van der Waals surface area contributed by atoms with Crippen LogP contribution in [0, 0.1) is 6.92 Å². The van der Waals surface area contributed by atoms with Crippen LogP contribution in [-0.2, 0) is 4.79 Å². The highest BCUT2D eigenvalue weighted by Crippen LogP contribution is 2.19. The van der Waals surface area contributed by atoms with Gasteiger partial charge < -0.3 is 10.6 Å². The minimum Gasteiger partial charge on any atom is -0.355 e. The number of nitrogens with zero attached hydrogens (tertiary/aromatic N) is 3.